The van der Waals surface area contributed by atoms with Crippen LogP contribution in [0.1, 0.15) is 27.7 Å². The summed E-state index contributed by atoms with van der Waals surface area (Å²) in [4.78, 5) is 0. The SMILES string of the molecule is C=c1c(=C)/c(=C\C(C)=C/C)o/c1=C/C(C)=C\C. The normalized spacial score (nSPS) is 15.8. The molecule has 0 saturated heterocycles. The van der Waals surface area contributed by atoms with Crippen LogP contribution >= 0.6 is 0 Å². The molecule has 1 heteroatoms. The third-order valence-electron chi connectivity index (χ3n) is 2.81. The first-order valence-electron chi connectivity index (χ1n) is 5.75. The number of hydrogen-bond donors (Lipinski definition) is 0. The zero-order chi connectivity index (χ0) is 13.0. The van der Waals surface area contributed by atoms with Gasteiger partial charge in [0.1, 0.15) is 10.8 Å². The van der Waals surface area contributed by atoms with Crippen molar-refractivity contribution in [1.29, 1.82) is 0 Å². The highest BCUT2D eigenvalue weighted by molar-refractivity contribution is 5.46. The molecule has 0 aliphatic carbocycles. The second-order valence-corrected chi connectivity index (χ2v) is 4.14. The lowest BCUT2D eigenvalue weighted by atomic mass is 10.2. The summed E-state index contributed by atoms with van der Waals surface area (Å²) in [5.41, 5.74) is 3.89. The lowest BCUT2D eigenvalue weighted by Crippen LogP contribution is -2.34. The van der Waals surface area contributed by atoms with E-state index in [1.165, 1.54) is 0 Å². The highest BCUT2D eigenvalue weighted by Crippen LogP contribution is 1.91. The monoisotopic (exact) mass is 228 g/mol. The average Bonchev–Trinajstić information content (AvgIpc) is 2.57. The smallest absolute Gasteiger partial charge is 0.135 e. The first-order valence-corrected chi connectivity index (χ1v) is 5.75. The van der Waals surface area contributed by atoms with Crippen LogP contribution in [0.25, 0.3) is 25.3 Å². The molecule has 90 valence electrons. The van der Waals surface area contributed by atoms with Crippen LogP contribution in [0.3, 0.4) is 0 Å². The summed E-state index contributed by atoms with van der Waals surface area (Å²) in [5.74, 6) is 0. The Morgan fingerprint density at radius 1 is 0.882 bits per heavy atom. The van der Waals surface area contributed by atoms with Gasteiger partial charge in [-0.3, -0.25) is 0 Å². The molecule has 0 aliphatic rings. The Balaban J connectivity index is 3.59. The van der Waals surface area contributed by atoms with Gasteiger partial charge in [0, 0.05) is 10.4 Å². The van der Waals surface area contributed by atoms with E-state index in [0.717, 1.165) is 32.4 Å². The minimum atomic E-state index is 0.792. The minimum absolute atomic E-state index is 0.792. The summed E-state index contributed by atoms with van der Waals surface area (Å²) < 4.78 is 5.77. The van der Waals surface area contributed by atoms with Gasteiger partial charge < -0.3 is 4.42 Å². The van der Waals surface area contributed by atoms with Gasteiger partial charge >= 0.3 is 0 Å². The molecule has 0 aliphatic heterocycles. The lowest BCUT2D eigenvalue weighted by molar-refractivity contribution is 0.498. The van der Waals surface area contributed by atoms with Crippen LogP contribution in [0.15, 0.2) is 27.7 Å². The zero-order valence-corrected chi connectivity index (χ0v) is 11.1. The van der Waals surface area contributed by atoms with Crippen LogP contribution in [0, 0.1) is 0 Å². The van der Waals surface area contributed by atoms with Gasteiger partial charge in [-0.05, 0) is 39.8 Å². The van der Waals surface area contributed by atoms with Crippen LogP contribution < -0.4 is 21.3 Å². The van der Waals surface area contributed by atoms with Crippen LogP contribution in [0.4, 0.5) is 0 Å². The number of allylic oxidation sites excluding steroid dienone is 4. The molecular weight excluding hydrogens is 208 g/mol. The van der Waals surface area contributed by atoms with Gasteiger partial charge in [-0.25, -0.2) is 0 Å². The molecule has 1 aromatic rings. The topological polar surface area (TPSA) is 13.1 Å². The van der Waals surface area contributed by atoms with Gasteiger partial charge in [0.05, 0.1) is 0 Å². The van der Waals surface area contributed by atoms with E-state index in [0.29, 0.717) is 0 Å². The molecule has 0 saturated carbocycles. The van der Waals surface area contributed by atoms with Crippen molar-refractivity contribution >= 4 is 25.3 Å². The van der Waals surface area contributed by atoms with Crippen molar-refractivity contribution in [1.82, 2.24) is 0 Å². The summed E-state index contributed by atoms with van der Waals surface area (Å²) >= 11 is 0. The molecular formula is C16H20O. The van der Waals surface area contributed by atoms with E-state index < -0.39 is 0 Å². The molecule has 0 radical (unpaired) electrons. The van der Waals surface area contributed by atoms with Crippen molar-refractivity contribution < 1.29 is 4.42 Å². The van der Waals surface area contributed by atoms with Gasteiger partial charge in [0.2, 0.25) is 0 Å². The Morgan fingerprint density at radius 2 is 1.24 bits per heavy atom. The van der Waals surface area contributed by atoms with Crippen molar-refractivity contribution in [2.45, 2.75) is 27.7 Å². The Labute approximate surface area is 102 Å². The third-order valence-corrected chi connectivity index (χ3v) is 2.81. The maximum atomic E-state index is 5.77. The van der Waals surface area contributed by atoms with Gasteiger partial charge in [-0.2, -0.15) is 0 Å². The van der Waals surface area contributed by atoms with E-state index in [1.807, 2.05) is 52.0 Å². The molecule has 1 heterocycles. The predicted octanol–water partition coefficient (Wildman–Crippen LogP) is 1.59. The van der Waals surface area contributed by atoms with Crippen LogP contribution in [-0.4, -0.2) is 0 Å². The number of hydrogen-bond acceptors (Lipinski definition) is 1. The largest absolute Gasteiger partial charge is 0.456 e. The second-order valence-electron chi connectivity index (χ2n) is 4.14. The fraction of sp³-hybridized carbons (Fsp3) is 0.250. The van der Waals surface area contributed by atoms with Gasteiger partial charge in [-0.15, -0.1) is 0 Å². The van der Waals surface area contributed by atoms with Crippen molar-refractivity contribution in [2.75, 3.05) is 0 Å². The zero-order valence-electron chi connectivity index (χ0n) is 11.1. The Morgan fingerprint density at radius 3 is 1.53 bits per heavy atom. The van der Waals surface area contributed by atoms with E-state index in [-0.39, 0.29) is 0 Å². The summed E-state index contributed by atoms with van der Waals surface area (Å²) in [6.07, 6.45) is 8.04. The first-order chi connectivity index (χ1) is 7.99. The van der Waals surface area contributed by atoms with Crippen molar-refractivity contribution in [3.8, 4) is 0 Å². The maximum Gasteiger partial charge on any atom is 0.135 e. The Bertz CT molecular complexity index is 608. The quantitative estimate of drug-likeness (QED) is 0.749. The van der Waals surface area contributed by atoms with Crippen molar-refractivity contribution in [3.63, 3.8) is 0 Å². The average molecular weight is 228 g/mol. The van der Waals surface area contributed by atoms with E-state index in [9.17, 15) is 0 Å². The highest BCUT2D eigenvalue weighted by atomic mass is 16.3. The highest BCUT2D eigenvalue weighted by Gasteiger charge is 1.95. The number of furan rings is 1. The molecule has 0 amide bonds. The van der Waals surface area contributed by atoms with Crippen LogP contribution in [0.2, 0.25) is 0 Å². The van der Waals surface area contributed by atoms with Crippen LogP contribution in [-0.2, 0) is 0 Å². The summed E-state index contributed by atoms with van der Waals surface area (Å²) in [6, 6.07) is 0. The summed E-state index contributed by atoms with van der Waals surface area (Å²) in [5, 5.41) is 1.72. The Hall–Kier alpha value is -1.76. The molecule has 0 fully saturated rings. The second kappa shape index (κ2) is 5.53. The molecule has 0 bridgehead atoms. The molecule has 0 unspecified atom stereocenters. The Kier molecular flexibility index (Phi) is 4.33. The summed E-state index contributed by atoms with van der Waals surface area (Å²) in [7, 11) is 0. The summed E-state index contributed by atoms with van der Waals surface area (Å²) in [6.45, 7) is 16.1. The molecule has 0 aromatic carbocycles. The lowest BCUT2D eigenvalue weighted by Gasteiger charge is -1.86. The molecule has 17 heavy (non-hydrogen) atoms. The molecule has 1 nitrogen and oxygen atoms in total. The van der Waals surface area contributed by atoms with Gasteiger partial charge in [0.25, 0.3) is 0 Å². The van der Waals surface area contributed by atoms with E-state index in [2.05, 4.69) is 13.2 Å². The van der Waals surface area contributed by atoms with Gasteiger partial charge in [0.15, 0.2) is 0 Å². The predicted molar refractivity (Wildman–Crippen MR) is 76.0 cm³/mol. The number of rotatable bonds is 2. The molecule has 0 spiro atoms. The molecule has 1 rings (SSSR count). The van der Waals surface area contributed by atoms with Crippen LogP contribution in [0.5, 0.6) is 0 Å². The van der Waals surface area contributed by atoms with Gasteiger partial charge in [-0.1, -0.05) is 36.5 Å². The van der Waals surface area contributed by atoms with Crippen molar-refractivity contribution in [3.05, 3.63) is 44.6 Å². The standard InChI is InChI=1S/C16H20O/c1-7-11(3)9-15-13(5)14(6)16(17-15)10-12(4)8-2/h7-10H,5-6H2,1-4H3/b11-7-,12-8-,15-9+,16-10+. The molecule has 1 aromatic heterocycles. The minimum Gasteiger partial charge on any atom is -0.456 e. The van der Waals surface area contributed by atoms with E-state index in [1.54, 1.807) is 0 Å². The third kappa shape index (κ3) is 3.10. The molecule has 0 N–H and O–H groups in total. The first kappa shape index (κ1) is 13.3. The fourth-order valence-corrected chi connectivity index (χ4v) is 1.35. The van der Waals surface area contributed by atoms with Crippen molar-refractivity contribution in [2.24, 2.45) is 0 Å². The maximum absolute atomic E-state index is 5.77. The molecule has 0 atom stereocenters. The van der Waals surface area contributed by atoms with E-state index in [4.69, 9.17) is 4.42 Å². The fourth-order valence-electron chi connectivity index (χ4n) is 1.35. The van der Waals surface area contributed by atoms with E-state index >= 15 is 0 Å².